The molecule has 2 aliphatic heterocycles. The molecule has 1 saturated heterocycles. The van der Waals surface area contributed by atoms with Gasteiger partial charge in [0, 0.05) is 38.8 Å². The molecule has 0 amide bonds. The summed E-state index contributed by atoms with van der Waals surface area (Å²) in [5.74, 6) is -0.607. The minimum atomic E-state index is -1.12. The van der Waals surface area contributed by atoms with E-state index in [1.807, 2.05) is 23.2 Å². The minimum Gasteiger partial charge on any atom is -0.535 e. The minimum absolute atomic E-state index is 0.00875. The number of likely N-dealkylation sites (tertiary alicyclic amines) is 1. The molecule has 0 spiro atoms. The molecule has 1 aromatic carbocycles. The first kappa shape index (κ1) is 19.7. The SMILES string of the molecule is NCCc1cn(CCN2CC(Oc3ccc4c(c3C(=O)O)OB(O)CC4)C2)cn1. The number of aryl methyl sites for hydroxylation is 1. The Morgan fingerprint density at radius 3 is 2.97 bits per heavy atom. The van der Waals surface area contributed by atoms with Crippen molar-refractivity contribution in [1.29, 1.82) is 0 Å². The first-order chi connectivity index (χ1) is 14.0. The number of hydrogen-bond acceptors (Lipinski definition) is 7. The lowest BCUT2D eigenvalue weighted by atomic mass is 9.78. The van der Waals surface area contributed by atoms with Gasteiger partial charge in [0.05, 0.1) is 12.0 Å². The lowest BCUT2D eigenvalue weighted by molar-refractivity contribution is 0.0168. The number of carbonyl (C=O) groups is 1. The van der Waals surface area contributed by atoms with E-state index >= 15 is 0 Å². The van der Waals surface area contributed by atoms with Gasteiger partial charge in [-0.05, 0) is 30.9 Å². The van der Waals surface area contributed by atoms with E-state index in [1.165, 1.54) is 0 Å². The van der Waals surface area contributed by atoms with Crippen LogP contribution in [0.15, 0.2) is 24.7 Å². The van der Waals surface area contributed by atoms with Crippen molar-refractivity contribution in [3.05, 3.63) is 41.5 Å². The monoisotopic (exact) mass is 400 g/mol. The molecule has 1 aromatic heterocycles. The van der Waals surface area contributed by atoms with Crippen LogP contribution in [0.1, 0.15) is 21.6 Å². The summed E-state index contributed by atoms with van der Waals surface area (Å²) in [6.45, 7) is 3.74. The average molecular weight is 400 g/mol. The molecule has 4 rings (SSSR count). The van der Waals surface area contributed by atoms with Crippen LogP contribution >= 0.6 is 0 Å². The number of rotatable bonds is 8. The summed E-state index contributed by atoms with van der Waals surface area (Å²) < 4.78 is 13.4. The molecule has 1 fully saturated rings. The number of imidazole rings is 1. The molecule has 3 heterocycles. The summed E-state index contributed by atoms with van der Waals surface area (Å²) in [6.07, 6.45) is 5.57. The number of hydrogen-bond donors (Lipinski definition) is 3. The number of nitrogens with two attached hydrogens (primary N) is 1. The highest BCUT2D eigenvalue weighted by atomic mass is 16.5. The Labute approximate surface area is 169 Å². The van der Waals surface area contributed by atoms with Gasteiger partial charge in [0.1, 0.15) is 23.2 Å². The molecule has 0 unspecified atom stereocenters. The summed E-state index contributed by atoms with van der Waals surface area (Å²) in [4.78, 5) is 18.4. The highest BCUT2D eigenvalue weighted by Gasteiger charge is 2.33. The van der Waals surface area contributed by atoms with Crippen LogP contribution in [0.3, 0.4) is 0 Å². The highest BCUT2D eigenvalue weighted by Crippen LogP contribution is 2.37. The van der Waals surface area contributed by atoms with Crippen LogP contribution in [0.25, 0.3) is 0 Å². The molecule has 154 valence electrons. The summed E-state index contributed by atoms with van der Waals surface area (Å²) in [5, 5.41) is 19.4. The molecular weight excluding hydrogens is 375 g/mol. The van der Waals surface area contributed by atoms with Crippen LogP contribution in [0.4, 0.5) is 0 Å². The van der Waals surface area contributed by atoms with E-state index in [0.717, 1.165) is 43.9 Å². The lowest BCUT2D eigenvalue weighted by Gasteiger charge is -2.39. The molecule has 0 bridgehead atoms. The summed E-state index contributed by atoms with van der Waals surface area (Å²) in [6, 6.07) is 3.51. The largest absolute Gasteiger partial charge is 0.535 e. The topological polar surface area (TPSA) is 123 Å². The number of fused-ring (bicyclic) bond motifs is 1. The Bertz CT molecular complexity index is 883. The fourth-order valence-electron chi connectivity index (χ4n) is 3.74. The van der Waals surface area contributed by atoms with Crippen molar-refractivity contribution in [1.82, 2.24) is 14.5 Å². The van der Waals surface area contributed by atoms with Gasteiger partial charge in [0.25, 0.3) is 0 Å². The number of aromatic nitrogens is 2. The summed E-state index contributed by atoms with van der Waals surface area (Å²) in [7, 11) is -0.983. The average Bonchev–Trinajstić information content (AvgIpc) is 3.10. The van der Waals surface area contributed by atoms with Gasteiger partial charge in [0.15, 0.2) is 0 Å². The smallest absolute Gasteiger partial charge is 0.522 e. The molecule has 10 heteroatoms. The number of aromatic carboxylic acids is 1. The first-order valence-corrected chi connectivity index (χ1v) is 9.87. The van der Waals surface area contributed by atoms with Crippen molar-refractivity contribution < 1.29 is 24.3 Å². The molecule has 0 radical (unpaired) electrons. The van der Waals surface area contributed by atoms with Crippen molar-refractivity contribution in [2.75, 3.05) is 26.2 Å². The van der Waals surface area contributed by atoms with E-state index < -0.39 is 13.1 Å². The Hall–Kier alpha value is -2.56. The van der Waals surface area contributed by atoms with E-state index in [9.17, 15) is 14.9 Å². The standard InChI is InChI=1S/C19H25BN4O5/c21-6-4-14-9-24(12-22-14)8-7-23-10-15(11-23)28-16-2-1-13-3-5-20(27)29-18(13)17(16)19(25)26/h1-2,9,12,15,27H,3-8,10-11,21H2,(H,25,26). The fourth-order valence-corrected chi connectivity index (χ4v) is 3.74. The lowest BCUT2D eigenvalue weighted by Crippen LogP contribution is -2.54. The van der Waals surface area contributed by atoms with E-state index in [1.54, 1.807) is 6.07 Å². The van der Waals surface area contributed by atoms with Crippen molar-refractivity contribution in [3.8, 4) is 11.5 Å². The van der Waals surface area contributed by atoms with Gasteiger partial charge in [-0.1, -0.05) is 6.07 Å². The van der Waals surface area contributed by atoms with Crippen LogP contribution in [0.5, 0.6) is 11.5 Å². The number of carboxylic acids is 1. The molecule has 4 N–H and O–H groups in total. The van der Waals surface area contributed by atoms with Gasteiger partial charge >= 0.3 is 13.1 Å². The third kappa shape index (κ3) is 4.39. The van der Waals surface area contributed by atoms with E-state index in [4.69, 9.17) is 15.1 Å². The summed E-state index contributed by atoms with van der Waals surface area (Å²) in [5.41, 5.74) is 7.32. The maximum absolute atomic E-state index is 11.8. The van der Waals surface area contributed by atoms with Gasteiger partial charge in [-0.15, -0.1) is 0 Å². The van der Waals surface area contributed by atoms with Gasteiger partial charge in [-0.3, -0.25) is 4.90 Å². The number of nitrogens with zero attached hydrogens (tertiary/aromatic N) is 3. The van der Waals surface area contributed by atoms with Crippen LogP contribution < -0.4 is 15.1 Å². The molecule has 9 nitrogen and oxygen atoms in total. The predicted molar refractivity (Wildman–Crippen MR) is 106 cm³/mol. The zero-order valence-corrected chi connectivity index (χ0v) is 16.2. The molecule has 0 saturated carbocycles. The zero-order chi connectivity index (χ0) is 20.4. The van der Waals surface area contributed by atoms with E-state index in [-0.39, 0.29) is 23.2 Å². The number of ether oxygens (including phenoxy) is 1. The number of benzene rings is 1. The van der Waals surface area contributed by atoms with Gasteiger partial charge < -0.3 is 29.8 Å². The van der Waals surface area contributed by atoms with Crippen LogP contribution in [0.2, 0.25) is 6.32 Å². The van der Waals surface area contributed by atoms with Crippen molar-refractivity contribution in [2.24, 2.45) is 5.73 Å². The maximum Gasteiger partial charge on any atom is 0.522 e. The van der Waals surface area contributed by atoms with E-state index in [2.05, 4.69) is 9.88 Å². The highest BCUT2D eigenvalue weighted by molar-refractivity contribution is 6.44. The molecular formula is C19H25BN4O5. The third-order valence-electron chi connectivity index (χ3n) is 5.31. The second-order valence-electron chi connectivity index (χ2n) is 7.48. The Morgan fingerprint density at radius 2 is 2.21 bits per heavy atom. The molecule has 2 aliphatic rings. The third-order valence-corrected chi connectivity index (χ3v) is 5.31. The van der Waals surface area contributed by atoms with Gasteiger partial charge in [0.2, 0.25) is 0 Å². The first-order valence-electron chi connectivity index (χ1n) is 9.87. The van der Waals surface area contributed by atoms with Gasteiger partial charge in [-0.25, -0.2) is 9.78 Å². The summed E-state index contributed by atoms with van der Waals surface area (Å²) >= 11 is 0. The Kier molecular flexibility index (Phi) is 5.75. The molecule has 29 heavy (non-hydrogen) atoms. The maximum atomic E-state index is 11.8. The molecule has 0 aliphatic carbocycles. The normalized spacial score (nSPS) is 16.8. The predicted octanol–water partition coefficient (Wildman–Crippen LogP) is 0.261. The number of carboxylic acid groups (broad SMARTS) is 1. The van der Waals surface area contributed by atoms with Crippen LogP contribution in [0, 0.1) is 0 Å². The second kappa shape index (κ2) is 8.44. The van der Waals surface area contributed by atoms with Crippen molar-refractivity contribution in [3.63, 3.8) is 0 Å². The molecule has 0 atom stereocenters. The molecule has 2 aromatic rings. The van der Waals surface area contributed by atoms with Crippen molar-refractivity contribution >= 4 is 13.1 Å². The van der Waals surface area contributed by atoms with Crippen LogP contribution in [-0.2, 0) is 19.4 Å². The van der Waals surface area contributed by atoms with Gasteiger partial charge in [-0.2, -0.15) is 0 Å². The Morgan fingerprint density at radius 1 is 1.38 bits per heavy atom. The van der Waals surface area contributed by atoms with E-state index in [0.29, 0.717) is 19.3 Å². The Balaban J connectivity index is 1.33. The van der Waals surface area contributed by atoms with Crippen LogP contribution in [-0.4, -0.2) is 70.0 Å². The quantitative estimate of drug-likeness (QED) is 0.540. The zero-order valence-electron chi connectivity index (χ0n) is 16.2. The second-order valence-corrected chi connectivity index (χ2v) is 7.48. The fraction of sp³-hybridized carbons (Fsp3) is 0.474. The van der Waals surface area contributed by atoms with Crippen molar-refractivity contribution in [2.45, 2.75) is 31.8 Å².